The normalized spacial score (nSPS) is 21.1. The lowest BCUT2D eigenvalue weighted by Crippen LogP contribution is -2.38. The van der Waals surface area contributed by atoms with Crippen LogP contribution in [0, 0.1) is 5.92 Å². The number of hydrogen-bond donors (Lipinski definition) is 2. The van der Waals surface area contributed by atoms with Crippen molar-refractivity contribution in [3.8, 4) is 0 Å². The van der Waals surface area contributed by atoms with Crippen molar-refractivity contribution >= 4 is 21.6 Å². The molecule has 0 aliphatic carbocycles. The minimum Gasteiger partial charge on any atom is -0.352 e. The highest BCUT2D eigenvalue weighted by atomic mass is 32.2. The summed E-state index contributed by atoms with van der Waals surface area (Å²) in [4.78, 5) is 12.3. The number of benzene rings is 1. The van der Waals surface area contributed by atoms with Gasteiger partial charge in [-0.1, -0.05) is 0 Å². The molecule has 1 aromatic carbocycles. The zero-order valence-corrected chi connectivity index (χ0v) is 14.2. The molecule has 7 heteroatoms. The highest BCUT2D eigenvalue weighted by Crippen LogP contribution is 2.30. The van der Waals surface area contributed by atoms with Gasteiger partial charge in [0.2, 0.25) is 10.0 Å². The summed E-state index contributed by atoms with van der Waals surface area (Å²) in [7, 11) is -3.25. The van der Waals surface area contributed by atoms with E-state index in [0.717, 1.165) is 31.5 Å². The van der Waals surface area contributed by atoms with E-state index in [1.165, 1.54) is 10.6 Å². The van der Waals surface area contributed by atoms with Gasteiger partial charge >= 0.3 is 0 Å². The van der Waals surface area contributed by atoms with Crippen LogP contribution in [0.25, 0.3) is 0 Å². The molecule has 0 aromatic heterocycles. The van der Waals surface area contributed by atoms with Crippen molar-refractivity contribution in [3.63, 3.8) is 0 Å². The predicted octanol–water partition coefficient (Wildman–Crippen LogP) is 0.738. The number of rotatable bonds is 4. The van der Waals surface area contributed by atoms with E-state index in [0.29, 0.717) is 36.7 Å². The summed E-state index contributed by atoms with van der Waals surface area (Å²) in [5.74, 6) is 0.402. The molecule has 3 rings (SSSR count). The van der Waals surface area contributed by atoms with E-state index in [2.05, 4.69) is 10.6 Å². The van der Waals surface area contributed by atoms with Gasteiger partial charge in [0.15, 0.2) is 0 Å². The van der Waals surface area contributed by atoms with Gasteiger partial charge in [0.1, 0.15) is 0 Å². The van der Waals surface area contributed by atoms with E-state index in [-0.39, 0.29) is 5.91 Å². The molecule has 1 amide bonds. The summed E-state index contributed by atoms with van der Waals surface area (Å²) in [5.41, 5.74) is 2.21. The largest absolute Gasteiger partial charge is 0.352 e. The molecule has 1 fully saturated rings. The van der Waals surface area contributed by atoms with Crippen molar-refractivity contribution in [2.24, 2.45) is 5.92 Å². The molecule has 1 aromatic rings. The fraction of sp³-hybridized carbons (Fsp3) is 0.562. The second kappa shape index (κ2) is 6.49. The van der Waals surface area contributed by atoms with Gasteiger partial charge in [-0.3, -0.25) is 9.10 Å². The fourth-order valence-corrected chi connectivity index (χ4v) is 4.25. The van der Waals surface area contributed by atoms with Crippen LogP contribution in [0.4, 0.5) is 5.69 Å². The Morgan fingerprint density at radius 3 is 2.96 bits per heavy atom. The molecule has 0 radical (unpaired) electrons. The van der Waals surface area contributed by atoms with Crippen LogP contribution in [-0.4, -0.2) is 46.8 Å². The standard InChI is InChI=1S/C16H23N3O3S/c1-23(21,22)19-8-6-13-9-14(4-5-15(13)19)16(20)18-11-12-3-2-7-17-10-12/h4-5,9,12,17H,2-3,6-8,10-11H2,1H3,(H,18,20). The number of fused-ring (bicyclic) bond motifs is 1. The van der Waals surface area contributed by atoms with Crippen molar-refractivity contribution in [2.75, 3.05) is 36.7 Å². The summed E-state index contributed by atoms with van der Waals surface area (Å²) in [5, 5.41) is 6.33. The van der Waals surface area contributed by atoms with Crippen LogP contribution < -0.4 is 14.9 Å². The third kappa shape index (κ3) is 3.67. The average Bonchev–Trinajstić information content (AvgIpc) is 2.96. The zero-order valence-electron chi connectivity index (χ0n) is 13.3. The Morgan fingerprint density at radius 2 is 2.26 bits per heavy atom. The summed E-state index contributed by atoms with van der Waals surface area (Å²) in [6.45, 7) is 3.14. The first-order chi connectivity index (χ1) is 10.9. The van der Waals surface area contributed by atoms with Gasteiger partial charge < -0.3 is 10.6 Å². The summed E-state index contributed by atoms with van der Waals surface area (Å²) >= 11 is 0. The highest BCUT2D eigenvalue weighted by Gasteiger charge is 2.26. The number of carbonyl (C=O) groups is 1. The maximum absolute atomic E-state index is 12.3. The third-order valence-electron chi connectivity index (χ3n) is 4.55. The molecule has 0 bridgehead atoms. The van der Waals surface area contributed by atoms with Crippen molar-refractivity contribution in [2.45, 2.75) is 19.3 Å². The lowest BCUT2D eigenvalue weighted by atomic mass is 9.99. The van der Waals surface area contributed by atoms with Crippen LogP contribution in [0.5, 0.6) is 0 Å². The Morgan fingerprint density at radius 1 is 1.43 bits per heavy atom. The number of piperidine rings is 1. The number of hydrogen-bond acceptors (Lipinski definition) is 4. The van der Waals surface area contributed by atoms with Gasteiger partial charge in [-0.05, 0) is 62.0 Å². The molecule has 6 nitrogen and oxygen atoms in total. The number of nitrogens with zero attached hydrogens (tertiary/aromatic N) is 1. The van der Waals surface area contributed by atoms with E-state index >= 15 is 0 Å². The van der Waals surface area contributed by atoms with Gasteiger partial charge in [0.05, 0.1) is 11.9 Å². The fourth-order valence-electron chi connectivity index (χ4n) is 3.29. The van der Waals surface area contributed by atoms with E-state index < -0.39 is 10.0 Å². The molecule has 1 unspecified atom stereocenters. The molecule has 126 valence electrons. The van der Waals surface area contributed by atoms with E-state index in [1.807, 2.05) is 6.07 Å². The molecule has 2 aliphatic rings. The molecule has 1 saturated heterocycles. The van der Waals surface area contributed by atoms with E-state index in [1.54, 1.807) is 12.1 Å². The Balaban J connectivity index is 1.66. The first-order valence-corrected chi connectivity index (χ1v) is 9.89. The minimum atomic E-state index is -3.25. The summed E-state index contributed by atoms with van der Waals surface area (Å²) in [6.07, 6.45) is 4.15. The topological polar surface area (TPSA) is 78.5 Å². The van der Waals surface area contributed by atoms with Gasteiger partial charge in [-0.2, -0.15) is 0 Å². The van der Waals surface area contributed by atoms with Crippen LogP contribution in [0.3, 0.4) is 0 Å². The Labute approximate surface area is 137 Å². The second-order valence-corrected chi connectivity index (χ2v) is 8.26. The smallest absolute Gasteiger partial charge is 0.251 e. The van der Waals surface area contributed by atoms with Crippen molar-refractivity contribution in [1.29, 1.82) is 0 Å². The third-order valence-corrected chi connectivity index (χ3v) is 5.73. The van der Waals surface area contributed by atoms with Crippen LogP contribution in [0.1, 0.15) is 28.8 Å². The van der Waals surface area contributed by atoms with Crippen LogP contribution in [0.2, 0.25) is 0 Å². The maximum atomic E-state index is 12.3. The number of sulfonamides is 1. The van der Waals surface area contributed by atoms with Crippen LogP contribution in [-0.2, 0) is 16.4 Å². The molecule has 1 atom stereocenters. The predicted molar refractivity (Wildman–Crippen MR) is 90.3 cm³/mol. The van der Waals surface area contributed by atoms with Gasteiger partial charge in [-0.15, -0.1) is 0 Å². The summed E-state index contributed by atoms with van der Waals surface area (Å²) < 4.78 is 24.9. The Kier molecular flexibility index (Phi) is 4.59. The van der Waals surface area contributed by atoms with Crippen molar-refractivity contribution in [1.82, 2.24) is 10.6 Å². The lowest BCUT2D eigenvalue weighted by Gasteiger charge is -2.23. The molecule has 23 heavy (non-hydrogen) atoms. The van der Waals surface area contributed by atoms with Gasteiger partial charge in [0, 0.05) is 18.7 Å². The van der Waals surface area contributed by atoms with E-state index in [4.69, 9.17) is 0 Å². The van der Waals surface area contributed by atoms with Crippen LogP contribution in [0.15, 0.2) is 18.2 Å². The number of carbonyl (C=O) groups excluding carboxylic acids is 1. The minimum absolute atomic E-state index is 0.0869. The van der Waals surface area contributed by atoms with Crippen LogP contribution >= 0.6 is 0 Å². The Hall–Kier alpha value is -1.60. The summed E-state index contributed by atoms with van der Waals surface area (Å²) in [6, 6.07) is 5.26. The van der Waals surface area contributed by atoms with E-state index in [9.17, 15) is 13.2 Å². The average molecular weight is 337 g/mol. The Bertz CT molecular complexity index is 697. The molecule has 0 saturated carbocycles. The zero-order chi connectivity index (χ0) is 16.4. The quantitative estimate of drug-likeness (QED) is 0.849. The molecular formula is C16H23N3O3S. The second-order valence-electron chi connectivity index (χ2n) is 6.35. The van der Waals surface area contributed by atoms with Gasteiger partial charge in [-0.25, -0.2) is 8.42 Å². The van der Waals surface area contributed by atoms with Crippen molar-refractivity contribution in [3.05, 3.63) is 29.3 Å². The molecule has 2 N–H and O–H groups in total. The lowest BCUT2D eigenvalue weighted by molar-refractivity contribution is 0.0945. The maximum Gasteiger partial charge on any atom is 0.251 e. The highest BCUT2D eigenvalue weighted by molar-refractivity contribution is 7.92. The number of nitrogens with one attached hydrogen (secondary N) is 2. The molecule has 2 aliphatic heterocycles. The molecule has 0 spiro atoms. The van der Waals surface area contributed by atoms with Gasteiger partial charge in [0.25, 0.3) is 5.91 Å². The van der Waals surface area contributed by atoms with Crippen molar-refractivity contribution < 1.29 is 13.2 Å². The first-order valence-electron chi connectivity index (χ1n) is 8.05. The molecular weight excluding hydrogens is 314 g/mol. The molecule has 2 heterocycles. The number of amides is 1. The SMILES string of the molecule is CS(=O)(=O)N1CCc2cc(C(=O)NCC3CCCNC3)ccc21. The number of anilines is 1. The first kappa shape index (κ1) is 16.3. The monoisotopic (exact) mass is 337 g/mol.